The first kappa shape index (κ1) is 19.4. The zero-order valence-electron chi connectivity index (χ0n) is 15.0. The van der Waals surface area contributed by atoms with Crippen molar-refractivity contribution in [1.82, 2.24) is 9.97 Å². The quantitative estimate of drug-likeness (QED) is 0.605. The summed E-state index contributed by atoms with van der Waals surface area (Å²) in [6.45, 7) is 0. The standard InChI is InChI=1S/C20H16F3N3O2S/c21-20(22,23)11-9-15(18(28)24-10-11)25-17(27)12-5-1-2-6-13(12)19-26-14-7-3-4-8-16(14)29-19/h1-4,7-10,12-13H,5-6H2,(H,24,28)(H,25,27). The van der Waals surface area contributed by atoms with E-state index in [1.165, 1.54) is 11.3 Å². The van der Waals surface area contributed by atoms with Gasteiger partial charge in [-0.2, -0.15) is 13.2 Å². The molecule has 1 aromatic carbocycles. The summed E-state index contributed by atoms with van der Waals surface area (Å²) in [6, 6.07) is 8.30. The second-order valence-corrected chi connectivity index (χ2v) is 7.86. The Morgan fingerprint density at radius 3 is 2.72 bits per heavy atom. The fraction of sp³-hybridized carbons (Fsp3) is 0.250. The van der Waals surface area contributed by atoms with Crippen LogP contribution in [-0.4, -0.2) is 15.9 Å². The molecule has 1 aliphatic carbocycles. The lowest BCUT2D eigenvalue weighted by atomic mass is 9.82. The summed E-state index contributed by atoms with van der Waals surface area (Å²) in [5, 5.41) is 3.19. The van der Waals surface area contributed by atoms with Crippen molar-refractivity contribution in [1.29, 1.82) is 0 Å². The highest BCUT2D eigenvalue weighted by molar-refractivity contribution is 7.18. The van der Waals surface area contributed by atoms with Crippen molar-refractivity contribution >= 4 is 33.1 Å². The smallest absolute Gasteiger partial charge is 0.327 e. The molecule has 2 unspecified atom stereocenters. The Labute approximate surface area is 167 Å². The van der Waals surface area contributed by atoms with Gasteiger partial charge in [-0.15, -0.1) is 11.3 Å². The molecular weight excluding hydrogens is 403 g/mol. The molecule has 0 aliphatic heterocycles. The first-order chi connectivity index (χ1) is 13.8. The van der Waals surface area contributed by atoms with E-state index in [1.54, 1.807) is 0 Å². The van der Waals surface area contributed by atoms with Crippen LogP contribution >= 0.6 is 11.3 Å². The topological polar surface area (TPSA) is 74.8 Å². The number of allylic oxidation sites excluding steroid dienone is 2. The highest BCUT2D eigenvalue weighted by atomic mass is 32.1. The lowest BCUT2D eigenvalue weighted by Gasteiger charge is -2.26. The summed E-state index contributed by atoms with van der Waals surface area (Å²) in [6.07, 6.45) is 0.814. The monoisotopic (exact) mass is 419 g/mol. The van der Waals surface area contributed by atoms with Crippen molar-refractivity contribution in [2.24, 2.45) is 5.92 Å². The molecule has 0 radical (unpaired) electrons. The van der Waals surface area contributed by atoms with Gasteiger partial charge in [0.1, 0.15) is 5.69 Å². The molecule has 4 rings (SSSR count). The minimum atomic E-state index is -4.62. The third kappa shape index (κ3) is 3.95. The Morgan fingerprint density at radius 2 is 1.97 bits per heavy atom. The molecule has 0 fully saturated rings. The Kier molecular flexibility index (Phi) is 4.99. The molecule has 29 heavy (non-hydrogen) atoms. The van der Waals surface area contributed by atoms with Gasteiger partial charge in [0.25, 0.3) is 5.56 Å². The lowest BCUT2D eigenvalue weighted by Crippen LogP contribution is -2.31. The number of aromatic amines is 1. The number of halogens is 3. The molecule has 2 N–H and O–H groups in total. The number of nitrogens with one attached hydrogen (secondary N) is 2. The van der Waals surface area contributed by atoms with E-state index < -0.39 is 34.8 Å². The molecule has 150 valence electrons. The van der Waals surface area contributed by atoms with Crippen molar-refractivity contribution < 1.29 is 18.0 Å². The van der Waals surface area contributed by atoms with Crippen LogP contribution < -0.4 is 10.9 Å². The van der Waals surface area contributed by atoms with Crippen molar-refractivity contribution in [3.8, 4) is 0 Å². The number of carbonyl (C=O) groups is 1. The number of H-pyrrole nitrogens is 1. The zero-order valence-corrected chi connectivity index (χ0v) is 15.8. The van der Waals surface area contributed by atoms with Crippen LogP contribution in [0.4, 0.5) is 18.9 Å². The maximum absolute atomic E-state index is 12.9. The fourth-order valence-electron chi connectivity index (χ4n) is 3.39. The SMILES string of the molecule is O=C(Nc1cc(C(F)(F)F)c[nH]c1=O)C1CC=CCC1c1nc2ccccc2s1. The number of hydrogen-bond acceptors (Lipinski definition) is 4. The third-order valence-corrected chi connectivity index (χ3v) is 6.05. The Hall–Kier alpha value is -2.94. The van der Waals surface area contributed by atoms with Gasteiger partial charge < -0.3 is 10.3 Å². The molecule has 2 atom stereocenters. The number of anilines is 1. The van der Waals surface area contributed by atoms with Gasteiger partial charge in [0.2, 0.25) is 5.91 Å². The van der Waals surface area contributed by atoms with Crippen molar-refractivity contribution in [2.45, 2.75) is 24.9 Å². The number of alkyl halides is 3. The number of rotatable bonds is 3. The van der Waals surface area contributed by atoms with E-state index in [0.717, 1.165) is 15.2 Å². The second kappa shape index (κ2) is 7.47. The van der Waals surface area contributed by atoms with Gasteiger partial charge >= 0.3 is 6.18 Å². The Bertz CT molecular complexity index is 1120. The van der Waals surface area contributed by atoms with E-state index in [-0.39, 0.29) is 5.92 Å². The molecule has 0 saturated heterocycles. The highest BCUT2D eigenvalue weighted by Crippen LogP contribution is 2.39. The van der Waals surface area contributed by atoms with Gasteiger partial charge in [-0.1, -0.05) is 24.3 Å². The minimum absolute atomic E-state index is 0.206. The predicted octanol–water partition coefficient (Wildman–Crippen LogP) is 4.69. The van der Waals surface area contributed by atoms with Crippen molar-refractivity contribution in [2.75, 3.05) is 5.32 Å². The summed E-state index contributed by atoms with van der Waals surface area (Å²) < 4.78 is 39.8. The molecule has 2 aromatic heterocycles. The largest absolute Gasteiger partial charge is 0.417 e. The molecule has 1 aliphatic rings. The van der Waals surface area contributed by atoms with E-state index in [2.05, 4.69) is 10.3 Å². The summed E-state index contributed by atoms with van der Waals surface area (Å²) in [5.41, 5.74) is -1.38. The number of para-hydroxylation sites is 1. The first-order valence-electron chi connectivity index (χ1n) is 8.94. The summed E-state index contributed by atoms with van der Waals surface area (Å²) in [4.78, 5) is 31.5. The normalized spacial score (nSPS) is 19.4. The third-order valence-electron chi connectivity index (χ3n) is 4.89. The van der Waals surface area contributed by atoms with E-state index in [1.807, 2.05) is 41.4 Å². The van der Waals surface area contributed by atoms with Crippen molar-refractivity contribution in [3.05, 3.63) is 69.6 Å². The van der Waals surface area contributed by atoms with Crippen LogP contribution in [0.2, 0.25) is 0 Å². The molecule has 0 saturated carbocycles. The number of benzene rings is 1. The predicted molar refractivity (Wildman–Crippen MR) is 105 cm³/mol. The van der Waals surface area contributed by atoms with Crippen LogP contribution in [0.25, 0.3) is 10.2 Å². The maximum Gasteiger partial charge on any atom is 0.417 e. The Balaban J connectivity index is 1.62. The number of amides is 1. The van der Waals surface area contributed by atoms with Gasteiger partial charge in [0, 0.05) is 12.1 Å². The van der Waals surface area contributed by atoms with Gasteiger partial charge in [-0.05, 0) is 31.0 Å². The van der Waals surface area contributed by atoms with Gasteiger partial charge in [-0.25, -0.2) is 4.98 Å². The van der Waals surface area contributed by atoms with Gasteiger partial charge in [-0.3, -0.25) is 9.59 Å². The number of aromatic nitrogens is 2. The highest BCUT2D eigenvalue weighted by Gasteiger charge is 2.34. The molecule has 0 spiro atoms. The van der Waals surface area contributed by atoms with E-state index in [0.29, 0.717) is 25.1 Å². The van der Waals surface area contributed by atoms with Crippen LogP contribution in [0.1, 0.15) is 29.3 Å². The van der Waals surface area contributed by atoms with Gasteiger partial charge in [0.15, 0.2) is 0 Å². The molecular formula is C20H16F3N3O2S. The maximum atomic E-state index is 12.9. The van der Waals surface area contributed by atoms with Crippen molar-refractivity contribution in [3.63, 3.8) is 0 Å². The minimum Gasteiger partial charge on any atom is -0.327 e. The number of carbonyl (C=O) groups excluding carboxylic acids is 1. The van der Waals surface area contributed by atoms with Gasteiger partial charge in [0.05, 0.1) is 26.7 Å². The number of hydrogen-bond donors (Lipinski definition) is 2. The number of fused-ring (bicyclic) bond motifs is 1. The lowest BCUT2D eigenvalue weighted by molar-refractivity contribution is -0.137. The first-order valence-corrected chi connectivity index (χ1v) is 9.76. The number of nitrogens with zero attached hydrogens (tertiary/aromatic N) is 1. The molecule has 3 aromatic rings. The van der Waals surface area contributed by atoms with Crippen LogP contribution in [-0.2, 0) is 11.0 Å². The average Bonchev–Trinajstić information content (AvgIpc) is 3.13. The number of pyridine rings is 1. The second-order valence-electron chi connectivity index (χ2n) is 6.79. The number of thiazole rings is 1. The molecule has 1 amide bonds. The van der Waals surface area contributed by atoms with Crippen LogP contribution in [0, 0.1) is 5.92 Å². The summed E-state index contributed by atoms with van der Waals surface area (Å²) in [5.74, 6) is -1.24. The van der Waals surface area contributed by atoms with Crippen LogP contribution in [0.15, 0.2) is 53.5 Å². The van der Waals surface area contributed by atoms with Crippen LogP contribution in [0.3, 0.4) is 0 Å². The van der Waals surface area contributed by atoms with E-state index in [4.69, 9.17) is 0 Å². The van der Waals surface area contributed by atoms with Crippen LogP contribution in [0.5, 0.6) is 0 Å². The van der Waals surface area contributed by atoms with E-state index in [9.17, 15) is 22.8 Å². The molecule has 0 bridgehead atoms. The molecule has 2 heterocycles. The summed E-state index contributed by atoms with van der Waals surface area (Å²) in [7, 11) is 0. The molecule has 5 nitrogen and oxygen atoms in total. The van der Waals surface area contributed by atoms with E-state index >= 15 is 0 Å². The average molecular weight is 419 g/mol. The fourth-order valence-corrected chi connectivity index (χ4v) is 4.54. The zero-order chi connectivity index (χ0) is 20.6. The Morgan fingerprint density at radius 1 is 1.21 bits per heavy atom. The molecule has 9 heteroatoms. The summed E-state index contributed by atoms with van der Waals surface area (Å²) >= 11 is 1.50.